The third kappa shape index (κ3) is 3.88. The van der Waals surface area contributed by atoms with E-state index in [2.05, 4.69) is 10.4 Å². The van der Waals surface area contributed by atoms with Gasteiger partial charge in [-0.15, -0.1) is 0 Å². The third-order valence-electron chi connectivity index (χ3n) is 6.54. The average molecular weight is 374 g/mol. The van der Waals surface area contributed by atoms with E-state index in [1.54, 1.807) is 4.68 Å². The highest BCUT2D eigenvalue weighted by Gasteiger charge is 2.38. The molecule has 1 aromatic heterocycles. The highest BCUT2D eigenvalue weighted by atomic mass is 16.2. The fraction of sp³-hybridized carbons (Fsp3) is 0.750. The lowest BCUT2D eigenvalue weighted by Gasteiger charge is -2.38. The summed E-state index contributed by atoms with van der Waals surface area (Å²) in [7, 11) is 1.91. The van der Waals surface area contributed by atoms with Crippen LogP contribution in [0.2, 0.25) is 0 Å². The smallest absolute Gasteiger partial charge is 0.227 e. The summed E-state index contributed by atoms with van der Waals surface area (Å²) in [5.74, 6) is 0.911. The van der Waals surface area contributed by atoms with Gasteiger partial charge in [-0.25, -0.2) is 0 Å². The van der Waals surface area contributed by atoms with Crippen LogP contribution in [0.5, 0.6) is 0 Å². The molecular weight excluding hydrogens is 342 g/mol. The molecule has 3 fully saturated rings. The second-order valence-corrected chi connectivity index (χ2v) is 8.30. The molecule has 2 atom stereocenters. The van der Waals surface area contributed by atoms with Gasteiger partial charge in [-0.05, 0) is 18.4 Å². The van der Waals surface area contributed by atoms with Gasteiger partial charge in [0.15, 0.2) is 0 Å². The van der Waals surface area contributed by atoms with Crippen LogP contribution in [0.3, 0.4) is 0 Å². The van der Waals surface area contributed by atoms with Crippen LogP contribution in [0.15, 0.2) is 12.4 Å². The number of amides is 2. The summed E-state index contributed by atoms with van der Waals surface area (Å²) >= 11 is 0. The molecule has 7 nitrogen and oxygen atoms in total. The zero-order chi connectivity index (χ0) is 18.8. The minimum Gasteiger partial charge on any atom is -0.339 e. The van der Waals surface area contributed by atoms with Gasteiger partial charge in [-0.3, -0.25) is 14.3 Å². The zero-order valence-electron chi connectivity index (χ0n) is 16.3. The van der Waals surface area contributed by atoms with E-state index < -0.39 is 0 Å². The monoisotopic (exact) mass is 373 g/mol. The highest BCUT2D eigenvalue weighted by molar-refractivity contribution is 5.82. The summed E-state index contributed by atoms with van der Waals surface area (Å²) in [6.07, 6.45) is 9.59. The largest absolute Gasteiger partial charge is 0.339 e. The molecule has 1 N–H and O–H groups in total. The summed E-state index contributed by atoms with van der Waals surface area (Å²) in [5, 5.41) is 7.63. The summed E-state index contributed by atoms with van der Waals surface area (Å²) in [6.45, 7) is 4.22. The standard InChI is InChI=1S/C20H31N5O2/c1-23-14-16(11-22-23)17-12-21-13-18(17)20(27)25-9-7-24(8-10-25)19(26)15-5-3-2-4-6-15/h11,14-15,17-18,21H,2-10,12-13H2,1H3/t17-,18+/m1/s1. The maximum atomic E-state index is 13.1. The van der Waals surface area contributed by atoms with Crippen molar-refractivity contribution >= 4 is 11.8 Å². The van der Waals surface area contributed by atoms with Crippen molar-refractivity contribution in [3.8, 4) is 0 Å². The summed E-state index contributed by atoms with van der Waals surface area (Å²) in [6, 6.07) is 0. The van der Waals surface area contributed by atoms with Crippen LogP contribution in [-0.2, 0) is 16.6 Å². The summed E-state index contributed by atoms with van der Waals surface area (Å²) in [4.78, 5) is 29.8. The Morgan fingerprint density at radius 1 is 1.00 bits per heavy atom. The fourth-order valence-corrected chi connectivity index (χ4v) is 4.91. The Hall–Kier alpha value is -1.89. The molecular formula is C20H31N5O2. The van der Waals surface area contributed by atoms with Crippen molar-refractivity contribution < 1.29 is 9.59 Å². The molecule has 1 saturated carbocycles. The molecule has 3 aliphatic rings. The molecule has 0 bridgehead atoms. The second kappa shape index (κ2) is 8.00. The van der Waals surface area contributed by atoms with Crippen LogP contribution in [0.25, 0.3) is 0 Å². The number of carbonyl (C=O) groups is 2. The summed E-state index contributed by atoms with van der Waals surface area (Å²) in [5.41, 5.74) is 1.13. The molecule has 1 aromatic rings. The highest BCUT2D eigenvalue weighted by Crippen LogP contribution is 2.30. The Kier molecular flexibility index (Phi) is 5.48. The first-order valence-electron chi connectivity index (χ1n) is 10.4. The Labute approximate surface area is 161 Å². The molecule has 0 aromatic carbocycles. The van der Waals surface area contributed by atoms with E-state index in [1.807, 2.05) is 29.2 Å². The quantitative estimate of drug-likeness (QED) is 0.857. The van der Waals surface area contributed by atoms with Crippen LogP contribution in [-0.4, -0.2) is 70.7 Å². The number of nitrogens with zero attached hydrogens (tertiary/aromatic N) is 4. The molecule has 2 aliphatic heterocycles. The van der Waals surface area contributed by atoms with E-state index in [0.717, 1.165) is 31.5 Å². The normalized spacial score (nSPS) is 27.1. The number of hydrogen-bond acceptors (Lipinski definition) is 4. The number of carbonyl (C=O) groups excluding carboxylic acids is 2. The first-order chi connectivity index (χ1) is 13.1. The van der Waals surface area contributed by atoms with Gasteiger partial charge < -0.3 is 15.1 Å². The van der Waals surface area contributed by atoms with Crippen LogP contribution < -0.4 is 5.32 Å². The molecule has 2 saturated heterocycles. The van der Waals surface area contributed by atoms with E-state index in [-0.39, 0.29) is 23.7 Å². The number of nitrogens with one attached hydrogen (secondary N) is 1. The molecule has 3 heterocycles. The fourth-order valence-electron chi connectivity index (χ4n) is 4.91. The van der Waals surface area contributed by atoms with Crippen molar-refractivity contribution in [2.45, 2.75) is 38.0 Å². The van der Waals surface area contributed by atoms with Crippen LogP contribution >= 0.6 is 0 Å². The Morgan fingerprint density at radius 3 is 2.30 bits per heavy atom. The van der Waals surface area contributed by atoms with E-state index >= 15 is 0 Å². The maximum Gasteiger partial charge on any atom is 0.227 e. The van der Waals surface area contributed by atoms with Gasteiger partial charge >= 0.3 is 0 Å². The first-order valence-corrected chi connectivity index (χ1v) is 10.4. The number of aryl methyl sites for hydroxylation is 1. The predicted octanol–water partition coefficient (Wildman–Crippen LogP) is 0.974. The summed E-state index contributed by atoms with van der Waals surface area (Å²) < 4.78 is 1.80. The Balaban J connectivity index is 1.33. The lowest BCUT2D eigenvalue weighted by molar-refractivity contribution is -0.144. The van der Waals surface area contributed by atoms with Crippen LogP contribution in [0.1, 0.15) is 43.6 Å². The van der Waals surface area contributed by atoms with Crippen molar-refractivity contribution in [2.75, 3.05) is 39.3 Å². The molecule has 0 radical (unpaired) electrons. The number of piperazine rings is 1. The average Bonchev–Trinajstić information content (AvgIpc) is 3.36. The molecule has 0 unspecified atom stereocenters. The predicted molar refractivity (Wildman–Crippen MR) is 102 cm³/mol. The Morgan fingerprint density at radius 2 is 1.67 bits per heavy atom. The molecule has 7 heteroatoms. The van der Waals surface area contributed by atoms with Crippen molar-refractivity contribution in [3.05, 3.63) is 18.0 Å². The third-order valence-corrected chi connectivity index (χ3v) is 6.54. The molecule has 2 amide bonds. The van der Waals surface area contributed by atoms with Gasteiger partial charge in [0.1, 0.15) is 0 Å². The van der Waals surface area contributed by atoms with Gasteiger partial charge in [0.25, 0.3) is 0 Å². The second-order valence-electron chi connectivity index (χ2n) is 8.30. The van der Waals surface area contributed by atoms with Crippen molar-refractivity contribution in [1.29, 1.82) is 0 Å². The van der Waals surface area contributed by atoms with E-state index in [0.29, 0.717) is 32.1 Å². The maximum absolute atomic E-state index is 13.1. The van der Waals surface area contributed by atoms with E-state index in [9.17, 15) is 9.59 Å². The van der Waals surface area contributed by atoms with Crippen molar-refractivity contribution in [1.82, 2.24) is 24.9 Å². The van der Waals surface area contributed by atoms with Gasteiger partial charge in [-0.2, -0.15) is 5.10 Å². The van der Waals surface area contributed by atoms with Gasteiger partial charge in [0.2, 0.25) is 11.8 Å². The van der Waals surface area contributed by atoms with Gasteiger partial charge in [0, 0.05) is 64.3 Å². The lowest BCUT2D eigenvalue weighted by Crippen LogP contribution is -2.53. The molecule has 4 rings (SSSR count). The molecule has 0 spiro atoms. The number of hydrogen-bond donors (Lipinski definition) is 1. The topological polar surface area (TPSA) is 70.5 Å². The number of rotatable bonds is 3. The van der Waals surface area contributed by atoms with E-state index in [4.69, 9.17) is 0 Å². The van der Waals surface area contributed by atoms with Crippen molar-refractivity contribution in [2.24, 2.45) is 18.9 Å². The van der Waals surface area contributed by atoms with E-state index in [1.165, 1.54) is 19.3 Å². The lowest BCUT2D eigenvalue weighted by atomic mass is 9.88. The van der Waals surface area contributed by atoms with Gasteiger partial charge in [0.05, 0.1) is 12.1 Å². The number of aromatic nitrogens is 2. The minimum absolute atomic E-state index is 0.0326. The first kappa shape index (κ1) is 18.5. The van der Waals surface area contributed by atoms with Crippen molar-refractivity contribution in [3.63, 3.8) is 0 Å². The minimum atomic E-state index is -0.0326. The SMILES string of the molecule is Cn1cc([C@H]2CNC[C@@H]2C(=O)N2CCN(C(=O)C3CCCCC3)CC2)cn1. The molecule has 1 aliphatic carbocycles. The molecule has 148 valence electrons. The van der Waals surface area contributed by atoms with Crippen LogP contribution in [0, 0.1) is 11.8 Å². The van der Waals surface area contributed by atoms with Gasteiger partial charge in [-0.1, -0.05) is 19.3 Å². The Bertz CT molecular complexity index is 674. The zero-order valence-corrected chi connectivity index (χ0v) is 16.3. The molecule has 27 heavy (non-hydrogen) atoms. The van der Waals surface area contributed by atoms with Crippen LogP contribution in [0.4, 0.5) is 0 Å².